The largest absolute Gasteiger partial charge is 0.356 e. The lowest BCUT2D eigenvalue weighted by Crippen LogP contribution is -2.25. The molecule has 1 rings (SSSR count). The zero-order chi connectivity index (χ0) is 11.3. The molecule has 1 aromatic rings. The molecule has 1 heterocycles. The Kier molecular flexibility index (Phi) is 5.72. The third-order valence-electron chi connectivity index (χ3n) is 2.03. The minimum Gasteiger partial charge on any atom is -0.356 e. The maximum absolute atomic E-state index is 6.08. The van der Waals surface area contributed by atoms with Crippen molar-refractivity contribution >= 4 is 44.9 Å². The Labute approximate surface area is 109 Å². The minimum atomic E-state index is 0.570. The number of hydrogen-bond acceptors (Lipinski definition) is 2. The lowest BCUT2D eigenvalue weighted by Gasteiger charge is -2.22. The average molecular weight is 312 g/mol. The van der Waals surface area contributed by atoms with E-state index in [-0.39, 0.29) is 0 Å². The molecular weight excluding hydrogens is 299 g/mol. The van der Waals surface area contributed by atoms with Gasteiger partial charge in [-0.1, -0.05) is 39.1 Å². The van der Waals surface area contributed by atoms with Gasteiger partial charge >= 0.3 is 0 Å². The van der Waals surface area contributed by atoms with Gasteiger partial charge in [-0.25, -0.2) is 4.98 Å². The van der Waals surface area contributed by atoms with Crippen molar-refractivity contribution in [1.82, 2.24) is 4.98 Å². The predicted molar refractivity (Wildman–Crippen MR) is 70.6 cm³/mol. The van der Waals surface area contributed by atoms with Gasteiger partial charge < -0.3 is 4.90 Å². The van der Waals surface area contributed by atoms with Crippen molar-refractivity contribution < 1.29 is 0 Å². The summed E-state index contributed by atoms with van der Waals surface area (Å²) in [6.07, 6.45) is 2.69. The fourth-order valence-electron chi connectivity index (χ4n) is 1.30. The third kappa shape index (κ3) is 3.82. The highest BCUT2D eigenvalue weighted by Gasteiger charge is 2.09. The summed E-state index contributed by atoms with van der Waals surface area (Å²) in [6.45, 7) is 3.91. The minimum absolute atomic E-state index is 0.570. The van der Waals surface area contributed by atoms with E-state index in [9.17, 15) is 0 Å². The van der Waals surface area contributed by atoms with Gasteiger partial charge in [0.2, 0.25) is 0 Å². The van der Waals surface area contributed by atoms with Crippen LogP contribution in [0.4, 0.5) is 5.82 Å². The molecule has 0 N–H and O–H groups in total. The van der Waals surface area contributed by atoms with Crippen LogP contribution in [-0.2, 0) is 0 Å². The molecule has 0 aliphatic heterocycles. The Balaban J connectivity index is 2.81. The van der Waals surface area contributed by atoms with Crippen LogP contribution in [0.5, 0.6) is 0 Å². The number of anilines is 1. The van der Waals surface area contributed by atoms with Gasteiger partial charge in [0.25, 0.3) is 0 Å². The molecule has 0 saturated heterocycles. The van der Waals surface area contributed by atoms with Crippen LogP contribution in [0, 0.1) is 0 Å². The maximum Gasteiger partial charge on any atom is 0.147 e. The average Bonchev–Trinajstić information content (AvgIpc) is 2.21. The Morgan fingerprint density at radius 2 is 2.20 bits per heavy atom. The quantitative estimate of drug-likeness (QED) is 0.764. The van der Waals surface area contributed by atoms with Crippen molar-refractivity contribution in [2.45, 2.75) is 13.3 Å². The molecule has 15 heavy (non-hydrogen) atoms. The van der Waals surface area contributed by atoms with E-state index >= 15 is 0 Å². The molecule has 0 aromatic carbocycles. The number of alkyl halides is 1. The van der Waals surface area contributed by atoms with Gasteiger partial charge in [0.15, 0.2) is 0 Å². The zero-order valence-electron chi connectivity index (χ0n) is 8.51. The number of hydrogen-bond donors (Lipinski definition) is 0. The highest BCUT2D eigenvalue weighted by Crippen LogP contribution is 2.25. The third-order valence-corrected chi connectivity index (χ3v) is 3.08. The zero-order valence-corrected chi connectivity index (χ0v) is 11.6. The Morgan fingerprint density at radius 1 is 1.47 bits per heavy atom. The van der Waals surface area contributed by atoms with Crippen LogP contribution in [0.25, 0.3) is 0 Å². The van der Waals surface area contributed by atoms with Crippen molar-refractivity contribution in [3.8, 4) is 0 Å². The molecule has 0 bridgehead atoms. The molecular formula is C10H13BrCl2N2. The number of halogens is 3. The van der Waals surface area contributed by atoms with E-state index in [1.54, 1.807) is 12.3 Å². The van der Waals surface area contributed by atoms with Crippen molar-refractivity contribution in [3.05, 3.63) is 22.3 Å². The highest BCUT2D eigenvalue weighted by molar-refractivity contribution is 9.09. The summed E-state index contributed by atoms with van der Waals surface area (Å²) < 4.78 is 0. The summed E-state index contributed by atoms with van der Waals surface area (Å²) in [5.74, 6) is 0.810. The molecule has 0 unspecified atom stereocenters. The fraction of sp³-hybridized carbons (Fsp3) is 0.500. The van der Waals surface area contributed by atoms with Crippen LogP contribution in [-0.4, -0.2) is 23.4 Å². The first-order valence-corrected chi connectivity index (χ1v) is 6.68. The molecule has 0 radical (unpaired) electrons. The first-order chi connectivity index (χ1) is 7.19. The van der Waals surface area contributed by atoms with Gasteiger partial charge in [0.1, 0.15) is 5.82 Å². The summed E-state index contributed by atoms with van der Waals surface area (Å²) in [5, 5.41) is 2.16. The molecule has 0 spiro atoms. The second kappa shape index (κ2) is 6.56. The van der Waals surface area contributed by atoms with Gasteiger partial charge in [0, 0.05) is 24.6 Å². The van der Waals surface area contributed by atoms with Gasteiger partial charge in [-0.15, -0.1) is 0 Å². The molecule has 0 saturated carbocycles. The number of aromatic nitrogens is 1. The molecule has 1 aromatic heterocycles. The van der Waals surface area contributed by atoms with Crippen LogP contribution < -0.4 is 4.90 Å². The van der Waals surface area contributed by atoms with E-state index < -0.39 is 0 Å². The van der Waals surface area contributed by atoms with E-state index in [4.69, 9.17) is 23.2 Å². The Morgan fingerprint density at radius 3 is 2.73 bits per heavy atom. The lowest BCUT2D eigenvalue weighted by atomic mass is 10.3. The molecule has 0 atom stereocenters. The van der Waals surface area contributed by atoms with Crippen molar-refractivity contribution in [1.29, 1.82) is 0 Å². The number of nitrogens with zero attached hydrogens (tertiary/aromatic N) is 2. The first kappa shape index (κ1) is 13.1. The second-order valence-corrected chi connectivity index (χ2v) is 4.72. The van der Waals surface area contributed by atoms with E-state index in [1.807, 2.05) is 0 Å². The van der Waals surface area contributed by atoms with Crippen molar-refractivity contribution in [3.63, 3.8) is 0 Å². The normalized spacial score (nSPS) is 10.4. The monoisotopic (exact) mass is 310 g/mol. The molecule has 0 aliphatic rings. The van der Waals surface area contributed by atoms with Crippen LogP contribution in [0.2, 0.25) is 10.0 Å². The summed E-state index contributed by atoms with van der Waals surface area (Å²) in [4.78, 5) is 6.39. The fourth-order valence-corrected chi connectivity index (χ4v) is 2.05. The second-order valence-electron chi connectivity index (χ2n) is 3.08. The standard InChI is InChI=1S/C10H13BrCl2N2/c1-2-15(5-3-4-11)10-9(13)6-8(12)7-14-10/h6-7H,2-5H2,1H3. The van der Waals surface area contributed by atoms with Crippen molar-refractivity contribution in [2.24, 2.45) is 0 Å². The van der Waals surface area contributed by atoms with Crippen LogP contribution in [0.1, 0.15) is 13.3 Å². The molecule has 84 valence electrons. The van der Waals surface area contributed by atoms with Crippen LogP contribution >= 0.6 is 39.1 Å². The van der Waals surface area contributed by atoms with Gasteiger partial charge in [-0.3, -0.25) is 0 Å². The molecule has 0 aliphatic carbocycles. The number of rotatable bonds is 5. The van der Waals surface area contributed by atoms with Crippen LogP contribution in [0.15, 0.2) is 12.3 Å². The smallest absolute Gasteiger partial charge is 0.147 e. The molecule has 0 fully saturated rings. The summed E-state index contributed by atoms with van der Waals surface area (Å²) >= 11 is 15.3. The van der Waals surface area contributed by atoms with Gasteiger partial charge in [0.05, 0.1) is 10.0 Å². The van der Waals surface area contributed by atoms with Gasteiger partial charge in [-0.05, 0) is 19.4 Å². The van der Waals surface area contributed by atoms with E-state index in [1.165, 1.54) is 0 Å². The van der Waals surface area contributed by atoms with Crippen molar-refractivity contribution in [2.75, 3.05) is 23.3 Å². The molecule has 2 nitrogen and oxygen atoms in total. The highest BCUT2D eigenvalue weighted by atomic mass is 79.9. The number of pyridine rings is 1. The molecule has 5 heteroatoms. The Hall–Kier alpha value is 0.01000. The molecule has 0 amide bonds. The van der Waals surface area contributed by atoms with E-state index in [0.29, 0.717) is 10.0 Å². The summed E-state index contributed by atoms with van der Waals surface area (Å²) in [6, 6.07) is 1.72. The van der Waals surface area contributed by atoms with E-state index in [0.717, 1.165) is 30.7 Å². The van der Waals surface area contributed by atoms with E-state index in [2.05, 4.69) is 32.7 Å². The predicted octanol–water partition coefficient (Wildman–Crippen LogP) is 4.00. The summed E-state index contributed by atoms with van der Waals surface area (Å²) in [5.41, 5.74) is 0. The lowest BCUT2D eigenvalue weighted by molar-refractivity contribution is 0.785. The first-order valence-electron chi connectivity index (χ1n) is 4.81. The summed E-state index contributed by atoms with van der Waals surface area (Å²) in [7, 11) is 0. The Bertz CT molecular complexity index is 320. The van der Waals surface area contributed by atoms with Gasteiger partial charge in [-0.2, -0.15) is 0 Å². The SMILES string of the molecule is CCN(CCCBr)c1ncc(Cl)cc1Cl. The van der Waals surface area contributed by atoms with Crippen LogP contribution in [0.3, 0.4) is 0 Å². The topological polar surface area (TPSA) is 16.1 Å². The maximum atomic E-state index is 6.08.